The third-order valence-corrected chi connectivity index (χ3v) is 3.57. The van der Waals surface area contributed by atoms with Crippen molar-refractivity contribution in [3.63, 3.8) is 0 Å². The third-order valence-electron chi connectivity index (χ3n) is 3.57. The molecule has 1 aliphatic rings. The Balaban J connectivity index is 1.82. The van der Waals surface area contributed by atoms with E-state index in [4.69, 9.17) is 9.47 Å². The van der Waals surface area contributed by atoms with E-state index in [1.54, 1.807) is 0 Å². The molecule has 4 nitrogen and oxygen atoms in total. The summed E-state index contributed by atoms with van der Waals surface area (Å²) in [4.78, 5) is 0. The van der Waals surface area contributed by atoms with Crippen molar-refractivity contribution >= 4 is 5.69 Å². The molecule has 2 aromatic rings. The first-order valence-electron chi connectivity index (χ1n) is 7.13. The molecule has 21 heavy (non-hydrogen) atoms. The number of fused-ring (bicyclic) bond motifs is 1. The van der Waals surface area contributed by atoms with E-state index in [9.17, 15) is 5.11 Å². The number of aliphatic hydroxyl groups is 1. The van der Waals surface area contributed by atoms with Gasteiger partial charge in [0, 0.05) is 6.04 Å². The number of ether oxygens (including phenoxy) is 2. The molecule has 0 bridgehead atoms. The van der Waals surface area contributed by atoms with Crippen LogP contribution in [0.4, 0.5) is 5.69 Å². The highest BCUT2D eigenvalue weighted by Gasteiger charge is 2.17. The van der Waals surface area contributed by atoms with Crippen LogP contribution >= 0.6 is 0 Å². The lowest BCUT2D eigenvalue weighted by Crippen LogP contribution is -2.17. The van der Waals surface area contributed by atoms with E-state index in [1.807, 2.05) is 42.5 Å². The van der Waals surface area contributed by atoms with Gasteiger partial charge in [0.15, 0.2) is 11.5 Å². The van der Waals surface area contributed by atoms with Crippen LogP contribution in [-0.2, 0) is 6.61 Å². The van der Waals surface area contributed by atoms with Crippen LogP contribution in [0.25, 0.3) is 0 Å². The molecule has 0 saturated carbocycles. The molecular formula is C17H19NO3. The predicted octanol–water partition coefficient (Wildman–Crippen LogP) is 3.12. The van der Waals surface area contributed by atoms with Crippen LogP contribution in [0.1, 0.15) is 24.1 Å². The van der Waals surface area contributed by atoms with Crippen molar-refractivity contribution in [1.82, 2.24) is 0 Å². The fourth-order valence-electron chi connectivity index (χ4n) is 2.46. The van der Waals surface area contributed by atoms with Gasteiger partial charge >= 0.3 is 0 Å². The summed E-state index contributed by atoms with van der Waals surface area (Å²) in [7, 11) is 0. The minimum Gasteiger partial charge on any atom is -0.486 e. The maximum absolute atomic E-state index is 9.23. The number of anilines is 1. The molecule has 110 valence electrons. The van der Waals surface area contributed by atoms with E-state index in [2.05, 4.69) is 12.2 Å². The number of hydrogen-bond acceptors (Lipinski definition) is 4. The Morgan fingerprint density at radius 1 is 1.14 bits per heavy atom. The Bertz CT molecular complexity index is 627. The van der Waals surface area contributed by atoms with Crippen LogP contribution in [0.3, 0.4) is 0 Å². The molecule has 1 heterocycles. The fourth-order valence-corrected chi connectivity index (χ4v) is 2.46. The van der Waals surface area contributed by atoms with E-state index < -0.39 is 0 Å². The number of benzene rings is 2. The molecule has 2 N–H and O–H groups in total. The summed E-state index contributed by atoms with van der Waals surface area (Å²) in [5, 5.41) is 12.7. The summed E-state index contributed by atoms with van der Waals surface area (Å²) in [6.45, 7) is 3.29. The zero-order chi connectivity index (χ0) is 14.7. The van der Waals surface area contributed by atoms with Crippen molar-refractivity contribution in [1.29, 1.82) is 0 Å². The van der Waals surface area contributed by atoms with Crippen LogP contribution in [0.5, 0.6) is 11.5 Å². The topological polar surface area (TPSA) is 50.7 Å². The van der Waals surface area contributed by atoms with Gasteiger partial charge in [0.1, 0.15) is 13.2 Å². The molecular weight excluding hydrogens is 266 g/mol. The minimum absolute atomic E-state index is 0.0538. The first-order chi connectivity index (χ1) is 10.3. The summed E-state index contributed by atoms with van der Waals surface area (Å²) < 4.78 is 11.3. The van der Waals surface area contributed by atoms with Crippen molar-refractivity contribution in [2.24, 2.45) is 0 Å². The lowest BCUT2D eigenvalue weighted by atomic mass is 10.0. The summed E-state index contributed by atoms with van der Waals surface area (Å²) >= 11 is 0. The maximum atomic E-state index is 9.23. The van der Waals surface area contributed by atoms with Gasteiger partial charge in [-0.3, -0.25) is 0 Å². The predicted molar refractivity (Wildman–Crippen MR) is 81.8 cm³/mol. The number of rotatable bonds is 4. The number of para-hydroxylation sites is 1. The average molecular weight is 285 g/mol. The first-order valence-corrected chi connectivity index (χ1v) is 7.13. The summed E-state index contributed by atoms with van der Waals surface area (Å²) in [6.07, 6.45) is 0. The molecule has 0 radical (unpaired) electrons. The highest BCUT2D eigenvalue weighted by molar-refractivity contribution is 5.64. The van der Waals surface area contributed by atoms with Crippen LogP contribution in [0, 0.1) is 0 Å². The second-order valence-electron chi connectivity index (χ2n) is 5.10. The van der Waals surface area contributed by atoms with Crippen molar-refractivity contribution in [2.75, 3.05) is 18.5 Å². The van der Waals surface area contributed by atoms with Crippen LogP contribution in [-0.4, -0.2) is 18.3 Å². The van der Waals surface area contributed by atoms with E-state index >= 15 is 0 Å². The van der Waals surface area contributed by atoms with Crippen LogP contribution < -0.4 is 14.8 Å². The Kier molecular flexibility index (Phi) is 3.97. The van der Waals surface area contributed by atoms with Crippen molar-refractivity contribution < 1.29 is 14.6 Å². The monoisotopic (exact) mass is 285 g/mol. The van der Waals surface area contributed by atoms with E-state index in [0.29, 0.717) is 13.2 Å². The van der Waals surface area contributed by atoms with Crippen molar-refractivity contribution in [3.8, 4) is 11.5 Å². The van der Waals surface area contributed by atoms with Crippen LogP contribution in [0.2, 0.25) is 0 Å². The average Bonchev–Trinajstić information content (AvgIpc) is 2.55. The summed E-state index contributed by atoms with van der Waals surface area (Å²) in [6, 6.07) is 13.9. The summed E-state index contributed by atoms with van der Waals surface area (Å²) in [5.74, 6) is 1.55. The standard InChI is InChI=1S/C17H19NO3/c1-12(14-5-2-4-13(10-14)11-19)18-15-6-3-7-16-17(15)21-9-8-20-16/h2-7,10,12,18-19H,8-9,11H2,1H3. The van der Waals surface area contributed by atoms with Gasteiger partial charge in [0.25, 0.3) is 0 Å². The molecule has 0 amide bonds. The van der Waals surface area contributed by atoms with E-state index in [0.717, 1.165) is 28.3 Å². The number of nitrogens with one attached hydrogen (secondary N) is 1. The molecule has 0 fully saturated rings. The van der Waals surface area contributed by atoms with Crippen molar-refractivity contribution in [3.05, 3.63) is 53.6 Å². The Labute approximate surface area is 124 Å². The van der Waals surface area contributed by atoms with Gasteiger partial charge < -0.3 is 19.9 Å². The highest BCUT2D eigenvalue weighted by Crippen LogP contribution is 2.38. The minimum atomic E-state index is 0.0538. The van der Waals surface area contributed by atoms with Gasteiger partial charge in [-0.1, -0.05) is 30.3 Å². The lowest BCUT2D eigenvalue weighted by Gasteiger charge is -2.23. The first kappa shape index (κ1) is 13.8. The Morgan fingerprint density at radius 3 is 2.81 bits per heavy atom. The normalized spacial score (nSPS) is 14.6. The SMILES string of the molecule is CC(Nc1cccc2c1OCCO2)c1cccc(CO)c1. The summed E-state index contributed by atoms with van der Waals surface area (Å²) in [5.41, 5.74) is 2.96. The second kappa shape index (κ2) is 6.06. The molecule has 3 rings (SSSR count). The highest BCUT2D eigenvalue weighted by atomic mass is 16.6. The largest absolute Gasteiger partial charge is 0.486 e. The zero-order valence-electron chi connectivity index (χ0n) is 12.0. The zero-order valence-corrected chi connectivity index (χ0v) is 12.0. The maximum Gasteiger partial charge on any atom is 0.184 e. The van der Waals surface area contributed by atoms with Crippen LogP contribution in [0.15, 0.2) is 42.5 Å². The number of aliphatic hydroxyl groups excluding tert-OH is 1. The lowest BCUT2D eigenvalue weighted by molar-refractivity contribution is 0.172. The molecule has 0 spiro atoms. The smallest absolute Gasteiger partial charge is 0.184 e. The molecule has 0 aromatic heterocycles. The molecule has 2 aromatic carbocycles. The van der Waals surface area contributed by atoms with Gasteiger partial charge in [-0.15, -0.1) is 0 Å². The molecule has 4 heteroatoms. The van der Waals surface area contributed by atoms with Gasteiger partial charge in [-0.05, 0) is 30.2 Å². The van der Waals surface area contributed by atoms with Crippen molar-refractivity contribution in [2.45, 2.75) is 19.6 Å². The molecule has 1 aliphatic heterocycles. The van der Waals surface area contributed by atoms with Gasteiger partial charge in [-0.25, -0.2) is 0 Å². The molecule has 1 atom stereocenters. The second-order valence-corrected chi connectivity index (χ2v) is 5.10. The fraction of sp³-hybridized carbons (Fsp3) is 0.294. The number of hydrogen-bond donors (Lipinski definition) is 2. The molecule has 1 unspecified atom stereocenters. The third kappa shape index (κ3) is 2.95. The van der Waals surface area contributed by atoms with E-state index in [1.165, 1.54) is 0 Å². The van der Waals surface area contributed by atoms with E-state index in [-0.39, 0.29) is 12.6 Å². The quantitative estimate of drug-likeness (QED) is 0.906. The van der Waals surface area contributed by atoms with Gasteiger partial charge in [0.05, 0.1) is 12.3 Å². The van der Waals surface area contributed by atoms with Gasteiger partial charge in [-0.2, -0.15) is 0 Å². The molecule has 0 saturated heterocycles. The van der Waals surface area contributed by atoms with Gasteiger partial charge in [0.2, 0.25) is 0 Å². The Morgan fingerprint density at radius 2 is 1.95 bits per heavy atom. The Hall–Kier alpha value is -2.20. The molecule has 0 aliphatic carbocycles.